The number of alkyl halides is 2. The van der Waals surface area contributed by atoms with E-state index in [0.717, 1.165) is 0 Å². The minimum atomic E-state index is -3.01. The van der Waals surface area contributed by atoms with E-state index in [1.165, 1.54) is 25.1 Å². The Morgan fingerprint density at radius 3 is 2.50 bits per heavy atom. The van der Waals surface area contributed by atoms with Crippen LogP contribution in [0.15, 0.2) is 46.9 Å². The molecule has 0 fully saturated rings. The molecule has 2 aromatic carbocycles. The van der Waals surface area contributed by atoms with Crippen molar-refractivity contribution < 1.29 is 27.8 Å². The van der Waals surface area contributed by atoms with Crippen LogP contribution >= 0.6 is 27.5 Å². The summed E-state index contributed by atoms with van der Waals surface area (Å²) in [6.07, 6.45) is -1.09. The molecule has 0 aliphatic carbocycles. The molecule has 0 aromatic heterocycles. The molecule has 0 aliphatic heterocycles. The summed E-state index contributed by atoms with van der Waals surface area (Å²) in [7, 11) is 0. The predicted octanol–water partition coefficient (Wildman–Crippen LogP) is 4.89. The fourth-order valence-electron chi connectivity index (χ4n) is 1.92. The molecular weight excluding hydrogens is 436 g/mol. The molecule has 26 heavy (non-hydrogen) atoms. The van der Waals surface area contributed by atoms with Crippen molar-refractivity contribution in [2.75, 3.05) is 5.32 Å². The van der Waals surface area contributed by atoms with Gasteiger partial charge in [0.05, 0.1) is 10.6 Å². The van der Waals surface area contributed by atoms with E-state index in [9.17, 15) is 18.4 Å². The molecule has 0 radical (unpaired) electrons. The van der Waals surface area contributed by atoms with Crippen molar-refractivity contribution in [1.29, 1.82) is 0 Å². The third-order valence-electron chi connectivity index (χ3n) is 3.16. The van der Waals surface area contributed by atoms with Crippen molar-refractivity contribution in [3.05, 3.63) is 57.5 Å². The lowest BCUT2D eigenvalue weighted by molar-refractivity contribution is -0.123. The van der Waals surface area contributed by atoms with E-state index < -0.39 is 24.6 Å². The normalized spacial score (nSPS) is 11.8. The van der Waals surface area contributed by atoms with E-state index in [1.807, 2.05) is 0 Å². The van der Waals surface area contributed by atoms with Crippen LogP contribution in [0, 0.1) is 0 Å². The number of anilines is 1. The zero-order valence-electron chi connectivity index (χ0n) is 13.3. The quantitative estimate of drug-likeness (QED) is 0.639. The van der Waals surface area contributed by atoms with Gasteiger partial charge >= 0.3 is 12.6 Å². The highest BCUT2D eigenvalue weighted by atomic mass is 79.9. The highest BCUT2D eigenvalue weighted by molar-refractivity contribution is 9.10. The van der Waals surface area contributed by atoms with Crippen LogP contribution in [-0.2, 0) is 9.53 Å². The van der Waals surface area contributed by atoms with Crippen LogP contribution in [0.5, 0.6) is 5.75 Å². The molecular formula is C17H13BrClF2NO4. The Labute approximate surface area is 161 Å². The molecule has 0 spiro atoms. The van der Waals surface area contributed by atoms with Gasteiger partial charge < -0.3 is 14.8 Å². The fraction of sp³-hybridized carbons (Fsp3) is 0.176. The number of hydrogen-bond acceptors (Lipinski definition) is 4. The Morgan fingerprint density at radius 2 is 1.88 bits per heavy atom. The second-order valence-electron chi connectivity index (χ2n) is 5.04. The molecule has 9 heteroatoms. The first-order valence-electron chi connectivity index (χ1n) is 7.28. The van der Waals surface area contributed by atoms with Gasteiger partial charge in [0.1, 0.15) is 5.75 Å². The Balaban J connectivity index is 2.00. The van der Waals surface area contributed by atoms with Gasteiger partial charge in [0.15, 0.2) is 6.10 Å². The van der Waals surface area contributed by atoms with E-state index >= 15 is 0 Å². The molecule has 1 N–H and O–H groups in total. The molecule has 138 valence electrons. The van der Waals surface area contributed by atoms with Gasteiger partial charge in [0, 0.05) is 10.2 Å². The van der Waals surface area contributed by atoms with E-state index in [0.29, 0.717) is 4.47 Å². The average Bonchev–Trinajstić information content (AvgIpc) is 2.57. The minimum absolute atomic E-state index is 0.0963. The fourth-order valence-corrected chi connectivity index (χ4v) is 2.59. The van der Waals surface area contributed by atoms with Gasteiger partial charge in [-0.05, 0) is 53.2 Å². The van der Waals surface area contributed by atoms with Crippen LogP contribution in [0.2, 0.25) is 5.02 Å². The Kier molecular flexibility index (Phi) is 6.93. The van der Waals surface area contributed by atoms with Crippen LogP contribution in [0.1, 0.15) is 17.3 Å². The standard InChI is InChI=1S/C17H13BrClF2NO4/c1-9(25-16(24)11-4-2-3-5-12(11)18)15(23)22-10-6-7-14(13(19)8-10)26-17(20)21/h2-9,17H,1H3,(H,22,23). The molecule has 1 atom stereocenters. The van der Waals surface area contributed by atoms with Crippen molar-refractivity contribution in [1.82, 2.24) is 0 Å². The monoisotopic (exact) mass is 447 g/mol. The van der Waals surface area contributed by atoms with Gasteiger partial charge in [0.25, 0.3) is 5.91 Å². The maximum atomic E-state index is 12.2. The van der Waals surface area contributed by atoms with Gasteiger partial charge in [0.2, 0.25) is 0 Å². The SMILES string of the molecule is CC(OC(=O)c1ccccc1Br)C(=O)Nc1ccc(OC(F)F)c(Cl)c1. The first-order chi connectivity index (χ1) is 12.3. The number of nitrogens with one attached hydrogen (secondary N) is 1. The molecule has 1 unspecified atom stereocenters. The molecule has 0 saturated carbocycles. The lowest BCUT2D eigenvalue weighted by atomic mass is 10.2. The number of carbonyl (C=O) groups excluding carboxylic acids is 2. The van der Waals surface area contributed by atoms with Gasteiger partial charge in [-0.25, -0.2) is 4.79 Å². The second kappa shape index (κ2) is 8.95. The highest BCUT2D eigenvalue weighted by Crippen LogP contribution is 2.29. The van der Waals surface area contributed by atoms with Crippen LogP contribution in [0.4, 0.5) is 14.5 Å². The van der Waals surface area contributed by atoms with Gasteiger partial charge in [-0.1, -0.05) is 23.7 Å². The smallest absolute Gasteiger partial charge is 0.387 e. The molecule has 0 bridgehead atoms. The second-order valence-corrected chi connectivity index (χ2v) is 6.30. The number of ether oxygens (including phenoxy) is 2. The third kappa shape index (κ3) is 5.40. The van der Waals surface area contributed by atoms with Gasteiger partial charge in [-0.15, -0.1) is 0 Å². The van der Waals surface area contributed by atoms with Crippen LogP contribution in [-0.4, -0.2) is 24.6 Å². The Hall–Kier alpha value is -2.19. The molecule has 0 heterocycles. The number of rotatable bonds is 6. The summed E-state index contributed by atoms with van der Waals surface area (Å²) in [6, 6.07) is 10.4. The molecule has 0 aliphatic rings. The summed E-state index contributed by atoms with van der Waals surface area (Å²) in [5, 5.41) is 2.38. The maximum Gasteiger partial charge on any atom is 0.387 e. The number of hydrogen-bond donors (Lipinski definition) is 1. The van der Waals surface area contributed by atoms with Crippen molar-refractivity contribution in [2.24, 2.45) is 0 Å². The maximum absolute atomic E-state index is 12.2. The van der Waals surface area contributed by atoms with Crippen molar-refractivity contribution >= 4 is 45.1 Å². The summed E-state index contributed by atoms with van der Waals surface area (Å²) in [5.41, 5.74) is 0.522. The number of amides is 1. The van der Waals surface area contributed by atoms with E-state index in [-0.39, 0.29) is 22.0 Å². The van der Waals surface area contributed by atoms with Crippen molar-refractivity contribution in [2.45, 2.75) is 19.6 Å². The average molecular weight is 449 g/mol. The van der Waals surface area contributed by atoms with E-state index in [1.54, 1.807) is 24.3 Å². The van der Waals surface area contributed by atoms with Gasteiger partial charge in [-0.3, -0.25) is 4.79 Å². The van der Waals surface area contributed by atoms with Crippen LogP contribution in [0.25, 0.3) is 0 Å². The number of halogens is 4. The summed E-state index contributed by atoms with van der Waals surface area (Å²) in [6.45, 7) is -1.61. The number of carbonyl (C=O) groups is 2. The zero-order valence-corrected chi connectivity index (χ0v) is 15.7. The third-order valence-corrected chi connectivity index (χ3v) is 4.15. The first kappa shape index (κ1) is 20.1. The molecule has 2 aromatic rings. The highest BCUT2D eigenvalue weighted by Gasteiger charge is 2.20. The molecule has 0 saturated heterocycles. The summed E-state index contributed by atoms with van der Waals surface area (Å²) in [4.78, 5) is 24.2. The number of esters is 1. The number of benzene rings is 2. The molecule has 2 rings (SSSR count). The molecule has 1 amide bonds. The zero-order chi connectivity index (χ0) is 19.3. The summed E-state index contributed by atoms with van der Waals surface area (Å²) >= 11 is 9.05. The Bertz CT molecular complexity index is 819. The van der Waals surface area contributed by atoms with E-state index in [4.69, 9.17) is 16.3 Å². The first-order valence-corrected chi connectivity index (χ1v) is 8.45. The topological polar surface area (TPSA) is 64.6 Å². The lowest BCUT2D eigenvalue weighted by Crippen LogP contribution is -2.30. The lowest BCUT2D eigenvalue weighted by Gasteiger charge is -2.15. The van der Waals surface area contributed by atoms with Crippen molar-refractivity contribution in [3.63, 3.8) is 0 Å². The molecule has 5 nitrogen and oxygen atoms in total. The van der Waals surface area contributed by atoms with Crippen LogP contribution in [0.3, 0.4) is 0 Å². The Morgan fingerprint density at radius 1 is 1.19 bits per heavy atom. The minimum Gasteiger partial charge on any atom is -0.449 e. The van der Waals surface area contributed by atoms with Gasteiger partial charge in [-0.2, -0.15) is 8.78 Å². The predicted molar refractivity (Wildman–Crippen MR) is 95.7 cm³/mol. The van der Waals surface area contributed by atoms with Crippen LogP contribution < -0.4 is 10.1 Å². The van der Waals surface area contributed by atoms with Crippen molar-refractivity contribution in [3.8, 4) is 5.75 Å². The summed E-state index contributed by atoms with van der Waals surface area (Å²) in [5.74, 6) is -1.49. The van der Waals surface area contributed by atoms with E-state index in [2.05, 4.69) is 26.0 Å². The largest absolute Gasteiger partial charge is 0.449 e. The summed E-state index contributed by atoms with van der Waals surface area (Å²) < 4.78 is 34.3.